The quantitative estimate of drug-likeness (QED) is 0.822. The van der Waals surface area contributed by atoms with Crippen molar-refractivity contribution in [2.24, 2.45) is 0 Å². The van der Waals surface area contributed by atoms with Gasteiger partial charge in [-0.25, -0.2) is 4.98 Å². The average Bonchev–Trinajstić information content (AvgIpc) is 2.90. The van der Waals surface area contributed by atoms with Crippen LogP contribution in [0, 0.1) is 0 Å². The topological polar surface area (TPSA) is 68.3 Å². The minimum Gasteiger partial charge on any atom is -0.481 e. The van der Waals surface area contributed by atoms with E-state index in [1.165, 1.54) is 18.3 Å². The number of halogens is 1. The van der Waals surface area contributed by atoms with Gasteiger partial charge in [0.2, 0.25) is 0 Å². The molecule has 7 heteroatoms. The van der Waals surface area contributed by atoms with Gasteiger partial charge in [-0.15, -0.1) is 11.3 Å². The summed E-state index contributed by atoms with van der Waals surface area (Å²) in [7, 11) is 0. The van der Waals surface area contributed by atoms with E-state index in [4.69, 9.17) is 16.3 Å². The Morgan fingerprint density at radius 1 is 1.45 bits per heavy atom. The molecule has 22 heavy (non-hydrogen) atoms. The minimum absolute atomic E-state index is 0.0513. The number of amides is 1. The molecule has 116 valence electrons. The van der Waals surface area contributed by atoms with Crippen LogP contribution in [-0.4, -0.2) is 22.8 Å². The molecule has 0 aliphatic carbocycles. The van der Waals surface area contributed by atoms with Crippen LogP contribution in [0.4, 0.5) is 0 Å². The first-order valence-corrected chi connectivity index (χ1v) is 7.80. The largest absolute Gasteiger partial charge is 0.481 e. The second-order valence-electron chi connectivity index (χ2n) is 4.64. The Hall–Kier alpha value is -1.92. The molecule has 0 aliphatic rings. The van der Waals surface area contributed by atoms with Gasteiger partial charge in [0.15, 0.2) is 16.4 Å². The normalized spacial score (nSPS) is 11.8. The van der Waals surface area contributed by atoms with Gasteiger partial charge >= 0.3 is 0 Å². The Bertz CT molecular complexity index is 687. The number of nitrogens with one attached hydrogen (secondary N) is 1. The summed E-state index contributed by atoms with van der Waals surface area (Å²) in [6.07, 6.45) is 0.945. The van der Waals surface area contributed by atoms with Crippen LogP contribution < -0.4 is 10.1 Å². The van der Waals surface area contributed by atoms with Crippen molar-refractivity contribution in [2.75, 3.05) is 0 Å². The number of hydrogen-bond acceptors (Lipinski definition) is 5. The van der Waals surface area contributed by atoms with Crippen LogP contribution in [0.15, 0.2) is 30.5 Å². The lowest BCUT2D eigenvalue weighted by atomic mass is 10.1. The predicted molar refractivity (Wildman–Crippen MR) is 85.5 cm³/mol. The minimum atomic E-state index is -0.675. The third-order valence-electron chi connectivity index (χ3n) is 2.88. The second-order valence-corrected chi connectivity index (χ2v) is 6.34. The zero-order valence-corrected chi connectivity index (χ0v) is 13.7. The van der Waals surface area contributed by atoms with Crippen LogP contribution in [0.3, 0.4) is 0 Å². The number of ether oxygens (including phenoxy) is 1. The number of carbonyl (C=O) groups excluding carboxylic acids is 2. The lowest BCUT2D eigenvalue weighted by Crippen LogP contribution is -2.35. The molecule has 1 aromatic heterocycles. The summed E-state index contributed by atoms with van der Waals surface area (Å²) >= 11 is 7.04. The number of hydrogen-bond donors (Lipinski definition) is 1. The van der Waals surface area contributed by atoms with Crippen molar-refractivity contribution in [3.63, 3.8) is 0 Å². The molecule has 0 radical (unpaired) electrons. The van der Waals surface area contributed by atoms with Crippen molar-refractivity contribution in [1.29, 1.82) is 0 Å². The average molecular weight is 339 g/mol. The first kappa shape index (κ1) is 16.5. The number of thiazole rings is 1. The van der Waals surface area contributed by atoms with E-state index < -0.39 is 6.10 Å². The zero-order valence-electron chi connectivity index (χ0n) is 12.1. The fraction of sp³-hybridized carbons (Fsp3) is 0.267. The molecule has 0 saturated carbocycles. The van der Waals surface area contributed by atoms with Crippen LogP contribution in [0.2, 0.25) is 4.47 Å². The monoisotopic (exact) mass is 338 g/mol. The zero-order chi connectivity index (χ0) is 16.1. The van der Waals surface area contributed by atoms with Crippen molar-refractivity contribution >= 4 is 34.6 Å². The van der Waals surface area contributed by atoms with E-state index in [1.807, 2.05) is 0 Å². The summed E-state index contributed by atoms with van der Waals surface area (Å²) in [6.45, 7) is 3.48. The molecule has 1 atom stereocenters. The van der Waals surface area contributed by atoms with Crippen LogP contribution in [0.5, 0.6) is 5.75 Å². The fourth-order valence-electron chi connectivity index (χ4n) is 1.73. The third-order valence-corrected chi connectivity index (χ3v) is 4.00. The summed E-state index contributed by atoms with van der Waals surface area (Å²) < 4.78 is 6.00. The van der Waals surface area contributed by atoms with Crippen LogP contribution in [0.25, 0.3) is 0 Å². The molecule has 0 aliphatic heterocycles. The van der Waals surface area contributed by atoms with Gasteiger partial charge in [0.25, 0.3) is 5.91 Å². The Balaban J connectivity index is 1.90. The predicted octanol–water partition coefficient (Wildman–Crippen LogP) is 3.08. The summed E-state index contributed by atoms with van der Waals surface area (Å²) in [6, 6.07) is 6.75. The summed E-state index contributed by atoms with van der Waals surface area (Å²) in [5.41, 5.74) is 0.546. The molecule has 5 nitrogen and oxygen atoms in total. The smallest absolute Gasteiger partial charge is 0.261 e. The highest BCUT2D eigenvalue weighted by atomic mass is 35.5. The van der Waals surface area contributed by atoms with Crippen molar-refractivity contribution in [2.45, 2.75) is 26.5 Å². The molecule has 0 fully saturated rings. The highest BCUT2D eigenvalue weighted by Crippen LogP contribution is 2.18. The Labute approximate surface area is 137 Å². The Morgan fingerprint density at radius 2 is 2.23 bits per heavy atom. The van der Waals surface area contributed by atoms with Gasteiger partial charge in [-0.05, 0) is 26.0 Å². The number of benzene rings is 1. The lowest BCUT2D eigenvalue weighted by molar-refractivity contribution is -0.127. The molecule has 1 amide bonds. The molecule has 0 bridgehead atoms. The number of rotatable bonds is 6. The van der Waals surface area contributed by atoms with E-state index in [9.17, 15) is 9.59 Å². The third kappa shape index (κ3) is 4.54. The van der Waals surface area contributed by atoms with Gasteiger partial charge < -0.3 is 10.1 Å². The lowest BCUT2D eigenvalue weighted by Gasteiger charge is -2.14. The number of carbonyl (C=O) groups is 2. The maximum atomic E-state index is 12.0. The molecule has 1 N–H and O–H groups in total. The molecular formula is C15H15ClN2O3S. The molecule has 1 heterocycles. The van der Waals surface area contributed by atoms with Gasteiger partial charge in [-0.3, -0.25) is 9.59 Å². The Kier molecular flexibility index (Phi) is 5.51. The molecular weight excluding hydrogens is 324 g/mol. The van der Waals surface area contributed by atoms with Crippen LogP contribution in [0.1, 0.15) is 29.1 Å². The van der Waals surface area contributed by atoms with Crippen molar-refractivity contribution in [3.8, 4) is 5.75 Å². The van der Waals surface area contributed by atoms with Crippen LogP contribution >= 0.6 is 22.9 Å². The van der Waals surface area contributed by atoms with E-state index in [0.717, 1.165) is 4.88 Å². The molecule has 0 spiro atoms. The van der Waals surface area contributed by atoms with Crippen LogP contribution in [-0.2, 0) is 11.3 Å². The first-order valence-electron chi connectivity index (χ1n) is 6.61. The molecule has 0 saturated heterocycles. The first-order chi connectivity index (χ1) is 10.5. The standard InChI is InChI=1S/C15H15ClN2O3S/c1-9(19)11-4-3-5-12(6-11)21-10(2)14(20)17-7-13-8-18-15(16)22-13/h3-6,8,10H,7H2,1-2H3,(H,17,20). The Morgan fingerprint density at radius 3 is 2.86 bits per heavy atom. The number of Topliss-reactive ketones (excluding diaryl/α,β-unsaturated/α-hetero) is 1. The molecule has 2 aromatic rings. The number of aromatic nitrogens is 1. The summed E-state index contributed by atoms with van der Waals surface area (Å²) in [5, 5.41) is 2.75. The maximum absolute atomic E-state index is 12.0. The van der Waals surface area contributed by atoms with E-state index in [-0.39, 0.29) is 11.7 Å². The van der Waals surface area contributed by atoms with Crippen molar-refractivity contribution in [3.05, 3.63) is 45.4 Å². The highest BCUT2D eigenvalue weighted by Gasteiger charge is 2.15. The SMILES string of the molecule is CC(=O)c1cccc(OC(C)C(=O)NCc2cnc(Cl)s2)c1. The van der Waals surface area contributed by atoms with Gasteiger partial charge in [0, 0.05) is 16.6 Å². The summed E-state index contributed by atoms with van der Waals surface area (Å²) in [4.78, 5) is 28.1. The molecule has 1 aromatic carbocycles. The van der Waals surface area contributed by atoms with E-state index in [1.54, 1.807) is 37.4 Å². The van der Waals surface area contributed by atoms with E-state index in [0.29, 0.717) is 22.3 Å². The van der Waals surface area contributed by atoms with Gasteiger partial charge in [0.1, 0.15) is 5.75 Å². The fourth-order valence-corrected chi connectivity index (χ4v) is 2.65. The highest BCUT2D eigenvalue weighted by molar-refractivity contribution is 7.15. The molecule has 2 rings (SSSR count). The maximum Gasteiger partial charge on any atom is 0.261 e. The number of ketones is 1. The van der Waals surface area contributed by atoms with Crippen molar-refractivity contribution in [1.82, 2.24) is 10.3 Å². The summed E-state index contributed by atoms with van der Waals surface area (Å²) in [5.74, 6) is 0.179. The van der Waals surface area contributed by atoms with E-state index >= 15 is 0 Å². The number of nitrogens with zero attached hydrogens (tertiary/aromatic N) is 1. The van der Waals surface area contributed by atoms with Crippen molar-refractivity contribution < 1.29 is 14.3 Å². The van der Waals surface area contributed by atoms with E-state index in [2.05, 4.69) is 10.3 Å². The van der Waals surface area contributed by atoms with Gasteiger partial charge in [-0.1, -0.05) is 23.7 Å². The molecule has 1 unspecified atom stereocenters. The van der Waals surface area contributed by atoms with Gasteiger partial charge in [0.05, 0.1) is 6.54 Å². The van der Waals surface area contributed by atoms with Gasteiger partial charge in [-0.2, -0.15) is 0 Å². The second kappa shape index (κ2) is 7.38.